The van der Waals surface area contributed by atoms with Crippen molar-refractivity contribution < 1.29 is 43.2 Å². The van der Waals surface area contributed by atoms with Crippen molar-refractivity contribution in [1.82, 2.24) is 39.5 Å². The summed E-state index contributed by atoms with van der Waals surface area (Å²) in [6, 6.07) is 13.8. The Morgan fingerprint density at radius 1 is 0.627 bits per heavy atom. The average Bonchev–Trinajstić information content (AvgIpc) is 3.71. The fraction of sp³-hybridized carbons (Fsp3) is 0.133. The summed E-state index contributed by atoms with van der Waals surface area (Å²) in [5.74, 6) is 0.242. The van der Waals surface area contributed by atoms with E-state index in [1.807, 2.05) is 0 Å². The number of halogens is 7. The Balaban J connectivity index is 0.000000198. The van der Waals surface area contributed by atoms with Crippen molar-refractivity contribution in [3.63, 3.8) is 0 Å². The van der Waals surface area contributed by atoms with E-state index in [1.54, 1.807) is 0 Å². The number of hydrogen-bond acceptors (Lipinski definition) is 10. The fourth-order valence-electron chi connectivity index (χ4n) is 4.42. The van der Waals surface area contributed by atoms with E-state index in [2.05, 4.69) is 46.1 Å². The van der Waals surface area contributed by atoms with Crippen molar-refractivity contribution in [2.45, 2.75) is 22.7 Å². The standard InChI is InChI=1S/C15H10BrF3N4O2S.C15H11F3N4O2S/c1-26(24,25)14-20-6-5-12(22-14)23-13(11(16)8-21-23)9-3-2-4-10(7-9)15(17,18)19;1-25(23,24)14-19-7-6-13(21-14)22-12(5-8-20-22)10-3-2-4-11(9-10)15(16,17)18/h2-8H,1H3;2-9H,1H3. The predicted octanol–water partition coefficient (Wildman–Crippen LogP) is 6.27. The van der Waals surface area contributed by atoms with Crippen molar-refractivity contribution >= 4 is 35.6 Å². The third kappa shape index (κ3) is 8.66. The van der Waals surface area contributed by atoms with E-state index in [1.165, 1.54) is 76.6 Å². The van der Waals surface area contributed by atoms with Gasteiger partial charge in [-0.25, -0.2) is 36.2 Å². The molecule has 0 aliphatic carbocycles. The lowest BCUT2D eigenvalue weighted by molar-refractivity contribution is -0.138. The number of hydrogen-bond donors (Lipinski definition) is 0. The van der Waals surface area contributed by atoms with Gasteiger partial charge in [0.05, 0.1) is 39.4 Å². The van der Waals surface area contributed by atoms with Crippen LogP contribution < -0.4 is 0 Å². The van der Waals surface area contributed by atoms with E-state index >= 15 is 0 Å². The molecule has 0 amide bonds. The molecule has 0 radical (unpaired) electrons. The molecular formula is C30H21BrF6N8O4S2. The molecule has 4 aromatic heterocycles. The molecule has 51 heavy (non-hydrogen) atoms. The van der Waals surface area contributed by atoms with Gasteiger partial charge in [0.2, 0.25) is 30.0 Å². The maximum absolute atomic E-state index is 13.0. The van der Waals surface area contributed by atoms with Gasteiger partial charge in [-0.2, -0.15) is 46.5 Å². The first kappa shape index (κ1) is 37.2. The first-order valence-electron chi connectivity index (χ1n) is 13.9. The van der Waals surface area contributed by atoms with Gasteiger partial charge in [-0.15, -0.1) is 0 Å². The van der Waals surface area contributed by atoms with Crippen LogP contribution in [0.25, 0.3) is 34.2 Å². The van der Waals surface area contributed by atoms with Crippen LogP contribution in [0, 0.1) is 0 Å². The first-order chi connectivity index (χ1) is 23.7. The zero-order valence-corrected chi connectivity index (χ0v) is 29.1. The first-order valence-corrected chi connectivity index (χ1v) is 18.5. The predicted molar refractivity (Wildman–Crippen MR) is 173 cm³/mol. The lowest BCUT2D eigenvalue weighted by atomic mass is 10.1. The van der Waals surface area contributed by atoms with Gasteiger partial charge < -0.3 is 0 Å². The van der Waals surface area contributed by atoms with Crippen molar-refractivity contribution in [2.24, 2.45) is 0 Å². The van der Waals surface area contributed by atoms with Gasteiger partial charge in [-0.05, 0) is 46.3 Å². The van der Waals surface area contributed by atoms with Gasteiger partial charge >= 0.3 is 12.4 Å². The third-order valence-electron chi connectivity index (χ3n) is 6.65. The summed E-state index contributed by atoms with van der Waals surface area (Å²) in [6.45, 7) is 0. The number of alkyl halides is 6. The summed E-state index contributed by atoms with van der Waals surface area (Å²) in [4.78, 5) is 15.2. The largest absolute Gasteiger partial charge is 0.416 e. The van der Waals surface area contributed by atoms with Crippen LogP contribution in [-0.2, 0) is 32.0 Å². The van der Waals surface area contributed by atoms with E-state index in [0.717, 1.165) is 36.8 Å². The highest BCUT2D eigenvalue weighted by atomic mass is 79.9. The summed E-state index contributed by atoms with van der Waals surface area (Å²) in [7, 11) is -7.29. The number of aromatic nitrogens is 8. The van der Waals surface area contributed by atoms with E-state index in [-0.39, 0.29) is 22.8 Å². The lowest BCUT2D eigenvalue weighted by Crippen LogP contribution is -2.09. The Bertz CT molecular complexity index is 2450. The van der Waals surface area contributed by atoms with Gasteiger partial charge in [0.1, 0.15) is 0 Å². The van der Waals surface area contributed by atoms with E-state index in [0.29, 0.717) is 15.9 Å². The van der Waals surface area contributed by atoms with Crippen LogP contribution in [-0.4, -0.2) is 68.8 Å². The topological polar surface area (TPSA) is 155 Å². The van der Waals surface area contributed by atoms with Gasteiger partial charge in [0.15, 0.2) is 11.6 Å². The number of benzene rings is 2. The normalized spacial score (nSPS) is 12.3. The summed E-state index contributed by atoms with van der Waals surface area (Å²) in [6.07, 6.45) is -1.79. The molecule has 0 saturated heterocycles. The molecule has 0 N–H and O–H groups in total. The van der Waals surface area contributed by atoms with E-state index in [4.69, 9.17) is 0 Å². The molecule has 2 aromatic carbocycles. The molecule has 21 heteroatoms. The number of rotatable bonds is 6. The van der Waals surface area contributed by atoms with Crippen molar-refractivity contribution in [2.75, 3.05) is 12.5 Å². The lowest BCUT2D eigenvalue weighted by Gasteiger charge is -2.11. The van der Waals surface area contributed by atoms with Crippen LogP contribution >= 0.6 is 15.9 Å². The smallest absolute Gasteiger partial charge is 0.227 e. The maximum atomic E-state index is 13.0. The Morgan fingerprint density at radius 3 is 1.63 bits per heavy atom. The van der Waals surface area contributed by atoms with Crippen LogP contribution in [0.4, 0.5) is 26.3 Å². The van der Waals surface area contributed by atoms with Crippen LogP contribution in [0.1, 0.15) is 11.1 Å². The highest BCUT2D eigenvalue weighted by molar-refractivity contribution is 9.10. The summed E-state index contributed by atoms with van der Waals surface area (Å²) < 4.78 is 127. The number of nitrogens with zero attached hydrogens (tertiary/aromatic N) is 8. The molecule has 6 aromatic rings. The van der Waals surface area contributed by atoms with Crippen molar-refractivity contribution in [3.05, 3.63) is 107 Å². The Labute approximate surface area is 293 Å². The van der Waals surface area contributed by atoms with Gasteiger partial charge in [-0.3, -0.25) is 0 Å². The Kier molecular flexibility index (Phi) is 10.2. The van der Waals surface area contributed by atoms with Gasteiger partial charge in [-0.1, -0.05) is 24.3 Å². The highest BCUT2D eigenvalue weighted by Crippen LogP contribution is 2.36. The number of sulfone groups is 2. The van der Waals surface area contributed by atoms with Crippen LogP contribution in [0.2, 0.25) is 0 Å². The molecule has 6 rings (SSSR count). The summed E-state index contributed by atoms with van der Waals surface area (Å²) in [5.41, 5.74) is -0.458. The summed E-state index contributed by atoms with van der Waals surface area (Å²) >= 11 is 3.26. The van der Waals surface area contributed by atoms with Gasteiger partial charge in [0, 0.05) is 48.2 Å². The zero-order chi connectivity index (χ0) is 37.4. The molecular weight excluding hydrogens is 794 g/mol. The minimum absolute atomic E-state index is 0.110. The second-order valence-corrected chi connectivity index (χ2v) is 15.2. The van der Waals surface area contributed by atoms with Crippen LogP contribution in [0.3, 0.4) is 0 Å². The molecule has 0 aliphatic rings. The quantitative estimate of drug-likeness (QED) is 0.139. The minimum Gasteiger partial charge on any atom is -0.227 e. The Morgan fingerprint density at radius 2 is 1.12 bits per heavy atom. The molecule has 0 fully saturated rings. The molecule has 266 valence electrons. The summed E-state index contributed by atoms with van der Waals surface area (Å²) in [5, 5.41) is 7.31. The van der Waals surface area contributed by atoms with Gasteiger partial charge in [0.25, 0.3) is 0 Å². The molecule has 0 saturated carbocycles. The molecule has 0 unspecified atom stereocenters. The molecule has 0 bridgehead atoms. The Hall–Kier alpha value is -5.02. The monoisotopic (exact) mass is 814 g/mol. The highest BCUT2D eigenvalue weighted by Gasteiger charge is 2.32. The van der Waals surface area contributed by atoms with Crippen molar-refractivity contribution in [3.8, 4) is 34.2 Å². The molecule has 0 spiro atoms. The van der Waals surface area contributed by atoms with E-state index < -0.39 is 53.5 Å². The fourth-order valence-corrected chi connectivity index (χ4v) is 5.93. The maximum Gasteiger partial charge on any atom is 0.416 e. The molecule has 0 aliphatic heterocycles. The van der Waals surface area contributed by atoms with Crippen LogP contribution in [0.15, 0.2) is 106 Å². The zero-order valence-electron chi connectivity index (χ0n) is 25.8. The minimum atomic E-state index is -4.49. The second-order valence-electron chi connectivity index (χ2n) is 10.5. The third-order valence-corrected chi connectivity index (χ3v) is 8.95. The van der Waals surface area contributed by atoms with E-state index in [9.17, 15) is 43.2 Å². The molecule has 0 atom stereocenters. The van der Waals surface area contributed by atoms with Crippen LogP contribution in [0.5, 0.6) is 0 Å². The SMILES string of the molecule is CS(=O)(=O)c1nccc(-n2ncc(Br)c2-c2cccc(C(F)(F)F)c2)n1.CS(=O)(=O)c1nccc(-n2nccc2-c2cccc(C(F)(F)F)c2)n1. The van der Waals surface area contributed by atoms with Crippen molar-refractivity contribution in [1.29, 1.82) is 0 Å². The molecule has 12 nitrogen and oxygen atoms in total. The average molecular weight is 816 g/mol. The molecule has 4 heterocycles. The second kappa shape index (κ2) is 13.9.